The quantitative estimate of drug-likeness (QED) is 0.756. The molecular weight excluding hydrogens is 198 g/mol. The predicted molar refractivity (Wildman–Crippen MR) is 49.3 cm³/mol. The average Bonchev–Trinajstić information content (AvgIpc) is 2.04. The maximum Gasteiger partial charge on any atom is 0.236 e. The molecule has 1 N–H and O–H groups in total. The predicted octanol–water partition coefficient (Wildman–Crippen LogP) is 1.23. The maximum absolute atomic E-state index is 11.0. The van der Waals surface area contributed by atoms with Crippen LogP contribution in [0.15, 0.2) is 12.3 Å². The fourth-order valence-electron chi connectivity index (χ4n) is 0.560. The summed E-state index contributed by atoms with van der Waals surface area (Å²) in [7, 11) is -1.12. The molecule has 0 saturated carbocycles. The second-order valence-electron chi connectivity index (χ2n) is 1.94. The van der Waals surface area contributed by atoms with Gasteiger partial charge < -0.3 is 0 Å². The molecule has 1 aromatic heterocycles. The van der Waals surface area contributed by atoms with Crippen LogP contribution in [-0.2, 0) is 11.0 Å². The van der Waals surface area contributed by atoms with Gasteiger partial charge in [-0.3, -0.25) is 4.72 Å². The summed E-state index contributed by atoms with van der Waals surface area (Å²) in [5, 5.41) is 0.334. The first-order chi connectivity index (χ1) is 5.72. The van der Waals surface area contributed by atoms with Crippen molar-refractivity contribution in [1.82, 2.24) is 9.97 Å². The Hall–Kier alpha value is -0.680. The van der Waals surface area contributed by atoms with Gasteiger partial charge in [-0.2, -0.15) is 0 Å². The Morgan fingerprint density at radius 3 is 3.08 bits per heavy atom. The molecule has 0 amide bonds. The number of halogens is 1. The molecule has 0 radical (unpaired) electrons. The van der Waals surface area contributed by atoms with Crippen LogP contribution in [-0.4, -0.2) is 19.9 Å². The van der Waals surface area contributed by atoms with Crippen molar-refractivity contribution >= 4 is 28.5 Å². The molecule has 0 aromatic carbocycles. The van der Waals surface area contributed by atoms with Crippen molar-refractivity contribution in [2.75, 3.05) is 10.5 Å². The van der Waals surface area contributed by atoms with E-state index in [4.69, 9.17) is 11.6 Å². The molecule has 1 atom stereocenters. The third kappa shape index (κ3) is 2.75. The zero-order valence-corrected chi connectivity index (χ0v) is 8.02. The molecule has 0 aliphatic carbocycles. The molecule has 0 bridgehead atoms. The van der Waals surface area contributed by atoms with E-state index in [0.717, 1.165) is 0 Å². The van der Waals surface area contributed by atoms with Crippen LogP contribution in [0.4, 0.5) is 5.95 Å². The highest BCUT2D eigenvalue weighted by Crippen LogP contribution is 2.05. The molecular formula is C6H8ClN3OS. The van der Waals surface area contributed by atoms with E-state index in [0.29, 0.717) is 16.9 Å². The Morgan fingerprint density at radius 1 is 1.75 bits per heavy atom. The zero-order chi connectivity index (χ0) is 8.97. The number of hydrogen-bond donors (Lipinski definition) is 1. The molecule has 1 unspecified atom stereocenters. The Bertz CT molecular complexity index is 294. The van der Waals surface area contributed by atoms with Crippen molar-refractivity contribution in [2.24, 2.45) is 0 Å². The lowest BCUT2D eigenvalue weighted by Crippen LogP contribution is -2.08. The van der Waals surface area contributed by atoms with Crippen molar-refractivity contribution in [3.8, 4) is 0 Å². The standard InChI is InChI=1S/C6H8ClN3OS/c1-2-12(11)10-6-8-4-3-5(7)9-6/h3-4H,2H2,1H3,(H,8,9,10). The van der Waals surface area contributed by atoms with Gasteiger partial charge >= 0.3 is 0 Å². The van der Waals surface area contributed by atoms with Crippen molar-refractivity contribution in [3.05, 3.63) is 17.4 Å². The molecule has 66 valence electrons. The number of nitrogens with zero attached hydrogens (tertiary/aromatic N) is 2. The van der Waals surface area contributed by atoms with Crippen LogP contribution in [0.25, 0.3) is 0 Å². The second kappa shape index (κ2) is 4.37. The van der Waals surface area contributed by atoms with Gasteiger partial charge in [0.2, 0.25) is 5.95 Å². The smallest absolute Gasteiger partial charge is 0.236 e. The largest absolute Gasteiger partial charge is 0.273 e. The van der Waals surface area contributed by atoms with Gasteiger partial charge in [0.25, 0.3) is 0 Å². The van der Waals surface area contributed by atoms with Gasteiger partial charge in [-0.15, -0.1) is 0 Å². The summed E-state index contributed by atoms with van der Waals surface area (Å²) in [6, 6.07) is 1.56. The Balaban J connectivity index is 2.69. The van der Waals surface area contributed by atoms with Gasteiger partial charge in [0.15, 0.2) is 0 Å². The van der Waals surface area contributed by atoms with Crippen molar-refractivity contribution in [1.29, 1.82) is 0 Å². The van der Waals surface area contributed by atoms with Gasteiger partial charge in [-0.1, -0.05) is 18.5 Å². The van der Waals surface area contributed by atoms with Crippen molar-refractivity contribution < 1.29 is 4.21 Å². The van der Waals surface area contributed by atoms with E-state index in [1.165, 1.54) is 6.20 Å². The maximum atomic E-state index is 11.0. The van der Waals surface area contributed by atoms with Crippen LogP contribution < -0.4 is 4.72 Å². The normalized spacial score (nSPS) is 12.5. The Labute approximate surface area is 78.0 Å². The summed E-state index contributed by atoms with van der Waals surface area (Å²) in [4.78, 5) is 7.64. The molecule has 1 aromatic rings. The Morgan fingerprint density at radius 2 is 2.50 bits per heavy atom. The van der Waals surface area contributed by atoms with Crippen molar-refractivity contribution in [2.45, 2.75) is 6.92 Å². The Kier molecular flexibility index (Phi) is 3.43. The molecule has 0 aliphatic rings. The number of hydrogen-bond acceptors (Lipinski definition) is 3. The number of aromatic nitrogens is 2. The van der Waals surface area contributed by atoms with E-state index in [1.807, 2.05) is 0 Å². The second-order valence-corrected chi connectivity index (χ2v) is 3.80. The van der Waals surface area contributed by atoms with Crippen LogP contribution >= 0.6 is 11.6 Å². The number of nitrogens with one attached hydrogen (secondary N) is 1. The molecule has 0 spiro atoms. The third-order valence-electron chi connectivity index (χ3n) is 1.09. The summed E-state index contributed by atoms with van der Waals surface area (Å²) < 4.78 is 13.6. The van der Waals surface area contributed by atoms with Crippen LogP contribution in [0.2, 0.25) is 5.15 Å². The first-order valence-electron chi connectivity index (χ1n) is 3.36. The molecule has 0 saturated heterocycles. The molecule has 4 nitrogen and oxygen atoms in total. The summed E-state index contributed by atoms with van der Waals surface area (Å²) in [6.07, 6.45) is 1.50. The summed E-state index contributed by atoms with van der Waals surface area (Å²) in [5.74, 6) is 0.804. The van der Waals surface area contributed by atoms with Crippen LogP contribution in [0, 0.1) is 0 Å². The van der Waals surface area contributed by atoms with Gasteiger partial charge in [-0.25, -0.2) is 14.2 Å². The third-order valence-corrected chi connectivity index (χ3v) is 2.23. The van der Waals surface area contributed by atoms with E-state index in [9.17, 15) is 4.21 Å². The fourth-order valence-corrected chi connectivity index (χ4v) is 1.14. The van der Waals surface area contributed by atoms with Gasteiger partial charge in [0.05, 0.1) is 0 Å². The summed E-state index contributed by atoms with van der Waals surface area (Å²) in [6.45, 7) is 1.80. The minimum Gasteiger partial charge on any atom is -0.273 e. The van der Waals surface area contributed by atoms with E-state index in [-0.39, 0.29) is 0 Å². The highest BCUT2D eigenvalue weighted by atomic mass is 35.5. The van der Waals surface area contributed by atoms with Crippen molar-refractivity contribution in [3.63, 3.8) is 0 Å². The van der Waals surface area contributed by atoms with Crippen LogP contribution in [0.3, 0.4) is 0 Å². The lowest BCUT2D eigenvalue weighted by atomic mass is 10.7. The first-order valence-corrected chi connectivity index (χ1v) is 5.05. The zero-order valence-electron chi connectivity index (χ0n) is 6.45. The van der Waals surface area contributed by atoms with Gasteiger partial charge in [-0.05, 0) is 6.07 Å². The molecule has 0 fully saturated rings. The lowest BCUT2D eigenvalue weighted by Gasteiger charge is -2.00. The monoisotopic (exact) mass is 205 g/mol. The first kappa shape index (κ1) is 9.41. The van der Waals surface area contributed by atoms with E-state index in [1.54, 1.807) is 13.0 Å². The SMILES string of the molecule is CCS(=O)Nc1nccc(Cl)n1. The molecule has 0 aliphatic heterocycles. The summed E-state index contributed by atoms with van der Waals surface area (Å²) in [5.41, 5.74) is 0. The van der Waals surface area contributed by atoms with E-state index in [2.05, 4.69) is 14.7 Å². The summed E-state index contributed by atoms with van der Waals surface area (Å²) >= 11 is 5.58. The molecule has 1 heterocycles. The van der Waals surface area contributed by atoms with E-state index >= 15 is 0 Å². The van der Waals surface area contributed by atoms with Crippen LogP contribution in [0.5, 0.6) is 0 Å². The topological polar surface area (TPSA) is 54.9 Å². The van der Waals surface area contributed by atoms with Gasteiger partial charge in [0.1, 0.15) is 16.1 Å². The fraction of sp³-hybridized carbons (Fsp3) is 0.333. The number of rotatable bonds is 3. The minimum atomic E-state index is -1.12. The average molecular weight is 206 g/mol. The molecule has 12 heavy (non-hydrogen) atoms. The van der Waals surface area contributed by atoms with E-state index < -0.39 is 11.0 Å². The minimum absolute atomic E-state index is 0.294. The number of anilines is 1. The highest BCUT2D eigenvalue weighted by molar-refractivity contribution is 7.86. The lowest BCUT2D eigenvalue weighted by molar-refractivity contribution is 0.686. The van der Waals surface area contributed by atoms with Crippen LogP contribution in [0.1, 0.15) is 6.92 Å². The molecule has 1 rings (SSSR count). The van der Waals surface area contributed by atoms with Gasteiger partial charge in [0, 0.05) is 11.9 Å². The molecule has 6 heteroatoms. The highest BCUT2D eigenvalue weighted by Gasteiger charge is 1.99.